The van der Waals surface area contributed by atoms with Gasteiger partial charge in [-0.25, -0.2) is 18.7 Å². The van der Waals surface area contributed by atoms with Crippen LogP contribution in [0.15, 0.2) is 12.1 Å². The number of hydrogen-bond donors (Lipinski definition) is 3. The van der Waals surface area contributed by atoms with E-state index in [0.717, 1.165) is 49.7 Å². The normalized spacial score (nSPS) is 27.4. The van der Waals surface area contributed by atoms with Gasteiger partial charge in [0.15, 0.2) is 29.0 Å². The number of aliphatic carboxylic acids is 1. The fourth-order valence-corrected chi connectivity index (χ4v) is 9.05. The van der Waals surface area contributed by atoms with Crippen LogP contribution in [0.1, 0.15) is 98.3 Å². The van der Waals surface area contributed by atoms with Crippen LogP contribution >= 0.6 is 0 Å². The third kappa shape index (κ3) is 5.25. The Hall–Kier alpha value is -3.57. The number of carbonyl (C=O) groups excluding carboxylic acids is 1. The summed E-state index contributed by atoms with van der Waals surface area (Å²) in [6.07, 6.45) is 4.70. The molecule has 4 aliphatic carbocycles. The first-order valence-electron chi connectivity index (χ1n) is 16.5. The number of halogens is 1. The topological polar surface area (TPSA) is 135 Å². The Morgan fingerprint density at radius 2 is 1.91 bits per heavy atom. The summed E-state index contributed by atoms with van der Waals surface area (Å²) in [4.78, 5) is 31.1. The highest BCUT2D eigenvalue weighted by molar-refractivity contribution is 5.93. The van der Waals surface area contributed by atoms with E-state index in [1.165, 1.54) is 10.6 Å². The molecule has 0 radical (unpaired) electrons. The predicted molar refractivity (Wildman–Crippen MR) is 167 cm³/mol. The molecular weight excluding hydrogens is 591 g/mol. The van der Waals surface area contributed by atoms with Gasteiger partial charge in [0.25, 0.3) is 5.91 Å². The standard InChI is InChI=1S/C35H43FN4O6/c1-17-22-7-6-8-45-30(22)24(36)11-23(17)28-27(31(33(43)44)46-34(3,4)5)18(2)38-26-12-25(39-40(26)28)32(42)37-16-35-13-19-9-20(14-35)29(41)21(10-19)15-35/h11-12,19-21,29,31,41H,6-10,13-16H2,1-5H3,(H,37,42)(H,43,44)/t19?,20-,21-,29?,31+,35?/m1/s1. The van der Waals surface area contributed by atoms with Crippen molar-refractivity contribution in [3.05, 3.63) is 46.0 Å². The number of carbonyl (C=O) groups is 2. The van der Waals surface area contributed by atoms with Crippen LogP contribution < -0.4 is 10.1 Å². The third-order valence-corrected chi connectivity index (χ3v) is 10.7. The summed E-state index contributed by atoms with van der Waals surface area (Å²) in [5, 5.41) is 28.9. The molecule has 3 N–H and O–H groups in total. The average Bonchev–Trinajstić information content (AvgIpc) is 3.41. The Bertz CT molecular complexity index is 1730. The van der Waals surface area contributed by atoms with Gasteiger partial charge in [0.1, 0.15) is 0 Å². The van der Waals surface area contributed by atoms with Crippen LogP contribution in [-0.4, -0.2) is 61.5 Å². The van der Waals surface area contributed by atoms with Gasteiger partial charge in [0, 0.05) is 35.0 Å². The number of aromatic nitrogens is 3. The molecule has 0 unspecified atom stereocenters. The zero-order valence-corrected chi connectivity index (χ0v) is 27.2. The minimum absolute atomic E-state index is 0.0173. The van der Waals surface area contributed by atoms with E-state index in [-0.39, 0.29) is 34.4 Å². The minimum atomic E-state index is -1.44. The summed E-state index contributed by atoms with van der Waals surface area (Å²) >= 11 is 0. The van der Waals surface area contributed by atoms with Gasteiger partial charge in [-0.1, -0.05) is 0 Å². The summed E-state index contributed by atoms with van der Waals surface area (Å²) in [6, 6.07) is 2.95. The van der Waals surface area contributed by atoms with E-state index >= 15 is 4.39 Å². The van der Waals surface area contributed by atoms with Crippen LogP contribution in [-0.2, 0) is 16.0 Å². The third-order valence-electron chi connectivity index (χ3n) is 10.7. The zero-order valence-electron chi connectivity index (χ0n) is 27.2. The van der Waals surface area contributed by atoms with Crippen LogP contribution in [0.3, 0.4) is 0 Å². The van der Waals surface area contributed by atoms with Crippen LogP contribution in [0, 0.1) is 42.8 Å². The molecule has 2 aromatic heterocycles. The lowest BCUT2D eigenvalue weighted by molar-refractivity contribution is -0.160. The maximum atomic E-state index is 15.6. The number of ether oxygens (including phenoxy) is 2. The first kappa shape index (κ1) is 31.1. The van der Waals surface area contributed by atoms with E-state index in [1.807, 2.05) is 6.92 Å². The van der Waals surface area contributed by atoms with Gasteiger partial charge in [0.2, 0.25) is 0 Å². The van der Waals surface area contributed by atoms with Crippen molar-refractivity contribution in [3.63, 3.8) is 0 Å². The number of nitrogens with zero attached hydrogens (tertiary/aromatic N) is 3. The lowest BCUT2D eigenvalue weighted by Crippen LogP contribution is -2.56. The Morgan fingerprint density at radius 1 is 1.20 bits per heavy atom. The van der Waals surface area contributed by atoms with Crippen molar-refractivity contribution in [1.82, 2.24) is 19.9 Å². The number of hydrogen-bond acceptors (Lipinski definition) is 7. The Labute approximate surface area is 267 Å². The summed E-state index contributed by atoms with van der Waals surface area (Å²) in [5.74, 6) is -0.693. The molecule has 1 amide bonds. The quantitative estimate of drug-likeness (QED) is 0.317. The van der Waals surface area contributed by atoms with E-state index in [0.29, 0.717) is 59.9 Å². The van der Waals surface area contributed by atoms with Crippen LogP contribution in [0.4, 0.5) is 4.39 Å². The molecule has 4 bridgehead atoms. The summed E-state index contributed by atoms with van der Waals surface area (Å²) in [7, 11) is 0. The second-order valence-electron chi connectivity index (χ2n) is 15.1. The lowest BCUT2D eigenvalue weighted by Gasteiger charge is -2.58. The molecule has 0 spiro atoms. The number of rotatable bonds is 7. The van der Waals surface area contributed by atoms with Crippen molar-refractivity contribution in [2.24, 2.45) is 23.2 Å². The monoisotopic (exact) mass is 634 g/mol. The molecule has 8 rings (SSSR count). The molecule has 0 saturated heterocycles. The maximum Gasteiger partial charge on any atom is 0.337 e. The number of benzene rings is 1. The molecule has 3 atom stereocenters. The first-order valence-corrected chi connectivity index (χ1v) is 16.5. The molecule has 4 saturated carbocycles. The maximum absolute atomic E-state index is 15.6. The number of carboxylic acid groups (broad SMARTS) is 1. The van der Waals surface area contributed by atoms with E-state index in [9.17, 15) is 19.8 Å². The molecule has 10 nitrogen and oxygen atoms in total. The van der Waals surface area contributed by atoms with Gasteiger partial charge in [-0.05, 0) is 114 Å². The molecule has 5 aliphatic rings. The number of aliphatic hydroxyl groups excluding tert-OH is 1. The second kappa shape index (κ2) is 11.0. The molecule has 1 aliphatic heterocycles. The molecule has 46 heavy (non-hydrogen) atoms. The van der Waals surface area contributed by atoms with Crippen molar-refractivity contribution in [2.75, 3.05) is 13.2 Å². The number of fused-ring (bicyclic) bond motifs is 2. The van der Waals surface area contributed by atoms with Gasteiger partial charge in [-0.2, -0.15) is 5.10 Å². The Morgan fingerprint density at radius 3 is 2.59 bits per heavy atom. The summed E-state index contributed by atoms with van der Waals surface area (Å²) in [6.45, 7) is 9.81. The predicted octanol–water partition coefficient (Wildman–Crippen LogP) is 5.34. The molecule has 4 fully saturated rings. The van der Waals surface area contributed by atoms with Gasteiger partial charge in [0.05, 0.1) is 24.0 Å². The Balaban J connectivity index is 1.32. The van der Waals surface area contributed by atoms with E-state index < -0.39 is 23.5 Å². The van der Waals surface area contributed by atoms with Gasteiger partial charge in [-0.15, -0.1) is 0 Å². The number of nitrogens with one attached hydrogen (secondary N) is 1. The van der Waals surface area contributed by atoms with E-state index in [4.69, 9.17) is 14.5 Å². The highest BCUT2D eigenvalue weighted by atomic mass is 19.1. The average molecular weight is 635 g/mol. The van der Waals surface area contributed by atoms with Gasteiger partial charge < -0.3 is 25.0 Å². The van der Waals surface area contributed by atoms with E-state index in [2.05, 4.69) is 10.4 Å². The largest absolute Gasteiger partial charge is 0.490 e. The summed E-state index contributed by atoms with van der Waals surface area (Å²) < 4.78 is 28.8. The molecule has 3 heterocycles. The van der Waals surface area contributed by atoms with Crippen LogP contribution in [0.5, 0.6) is 5.75 Å². The highest BCUT2D eigenvalue weighted by Crippen LogP contribution is 2.59. The second-order valence-corrected chi connectivity index (χ2v) is 15.1. The molecule has 3 aromatic rings. The van der Waals surface area contributed by atoms with Gasteiger partial charge >= 0.3 is 5.97 Å². The lowest BCUT2D eigenvalue weighted by atomic mass is 9.48. The Kier molecular flexibility index (Phi) is 7.43. The number of aryl methyl sites for hydroxylation is 1. The van der Waals surface area contributed by atoms with Crippen molar-refractivity contribution in [3.8, 4) is 17.0 Å². The fraction of sp³-hybridized carbons (Fsp3) is 0.600. The van der Waals surface area contributed by atoms with Crippen LogP contribution in [0.25, 0.3) is 16.9 Å². The van der Waals surface area contributed by atoms with E-state index in [1.54, 1.807) is 33.8 Å². The van der Waals surface area contributed by atoms with Crippen molar-refractivity contribution >= 4 is 17.5 Å². The zero-order chi connectivity index (χ0) is 32.7. The van der Waals surface area contributed by atoms with Crippen molar-refractivity contribution in [1.29, 1.82) is 0 Å². The molecular formula is C35H43FN4O6. The minimum Gasteiger partial charge on any atom is -0.490 e. The molecule has 246 valence electrons. The SMILES string of the molecule is Cc1nc2cc(C(=O)NCC34CC5C[C@H](C3)C(O)[C@H](C5)C4)nn2c(-c2cc(F)c3c(c2C)CCCO3)c1[C@H](OC(C)(C)C)C(=O)O. The molecule has 11 heteroatoms. The van der Waals surface area contributed by atoms with Crippen molar-refractivity contribution < 1.29 is 33.7 Å². The van der Waals surface area contributed by atoms with Gasteiger partial charge in [-0.3, -0.25) is 4.79 Å². The first-order chi connectivity index (χ1) is 21.7. The smallest absolute Gasteiger partial charge is 0.337 e. The van der Waals surface area contributed by atoms with Crippen LogP contribution in [0.2, 0.25) is 0 Å². The molecule has 1 aromatic carbocycles. The number of aliphatic hydroxyl groups is 1. The van der Waals surface area contributed by atoms with Crippen molar-refractivity contribution in [2.45, 2.75) is 97.4 Å². The fourth-order valence-electron chi connectivity index (χ4n) is 9.05. The number of carboxylic acids is 1. The highest BCUT2D eigenvalue weighted by Gasteiger charge is 2.55. The number of amides is 1. The summed E-state index contributed by atoms with van der Waals surface area (Å²) in [5.41, 5.74) is 2.49.